The minimum absolute atomic E-state index is 0.0566. The summed E-state index contributed by atoms with van der Waals surface area (Å²) in [5.41, 5.74) is 1.11. The highest BCUT2D eigenvalue weighted by Gasteiger charge is 2.13. The molecule has 0 aliphatic carbocycles. The molecule has 2 heterocycles. The lowest BCUT2D eigenvalue weighted by Gasteiger charge is -2.26. The van der Waals surface area contributed by atoms with E-state index in [0.29, 0.717) is 18.1 Å². The van der Waals surface area contributed by atoms with Crippen LogP contribution in [0, 0.1) is 0 Å². The quantitative estimate of drug-likeness (QED) is 0.719. The summed E-state index contributed by atoms with van der Waals surface area (Å²) in [6, 6.07) is 9.26. The number of anilines is 2. The van der Waals surface area contributed by atoms with E-state index in [-0.39, 0.29) is 12.0 Å². The first kappa shape index (κ1) is 20.0. The van der Waals surface area contributed by atoms with Crippen molar-refractivity contribution in [2.75, 3.05) is 44.7 Å². The van der Waals surface area contributed by atoms with Crippen LogP contribution in [0.1, 0.15) is 24.3 Å². The van der Waals surface area contributed by atoms with Crippen LogP contribution in [0.4, 0.5) is 11.5 Å². The number of carbonyl (C=O) groups is 1. The summed E-state index contributed by atoms with van der Waals surface area (Å²) in [5, 5.41) is 6.11. The second kappa shape index (κ2) is 10.0. The third-order valence-corrected chi connectivity index (χ3v) is 4.23. The number of benzene rings is 1. The van der Waals surface area contributed by atoms with Crippen molar-refractivity contribution in [3.05, 3.63) is 42.4 Å². The molecular formula is C20H27N5O3. The van der Waals surface area contributed by atoms with Gasteiger partial charge in [-0.05, 0) is 26.0 Å². The predicted molar refractivity (Wildman–Crippen MR) is 107 cm³/mol. The molecule has 1 aliphatic rings. The molecule has 0 radical (unpaired) electrons. The average Bonchev–Trinajstić information content (AvgIpc) is 2.70. The number of nitrogens with zero attached hydrogens (tertiary/aromatic N) is 3. The molecule has 1 aromatic carbocycles. The van der Waals surface area contributed by atoms with Crippen molar-refractivity contribution in [2.45, 2.75) is 20.0 Å². The molecule has 150 valence electrons. The molecule has 2 aromatic rings. The van der Waals surface area contributed by atoms with Gasteiger partial charge < -0.3 is 20.1 Å². The largest absolute Gasteiger partial charge is 0.489 e. The van der Waals surface area contributed by atoms with E-state index < -0.39 is 0 Å². The Bertz CT molecular complexity index is 778. The van der Waals surface area contributed by atoms with Crippen molar-refractivity contribution >= 4 is 17.4 Å². The van der Waals surface area contributed by atoms with Gasteiger partial charge in [0.15, 0.2) is 0 Å². The molecule has 2 N–H and O–H groups in total. The van der Waals surface area contributed by atoms with Gasteiger partial charge in [0.1, 0.15) is 23.6 Å². The van der Waals surface area contributed by atoms with Crippen molar-refractivity contribution in [1.82, 2.24) is 20.2 Å². The van der Waals surface area contributed by atoms with Gasteiger partial charge in [0, 0.05) is 32.2 Å². The zero-order chi connectivity index (χ0) is 19.8. The standard InChI is InChI=1S/C20H27N5O3/c1-15(2)28-18-6-4-3-5-16(18)24-19-13-17(22-14-23-19)20(26)21-7-8-25-9-11-27-12-10-25/h3-6,13-15H,7-12H2,1-2H3,(H,21,26)(H,22,23,24). The molecule has 3 rings (SSSR count). The van der Waals surface area contributed by atoms with Gasteiger partial charge in [0.05, 0.1) is 25.0 Å². The predicted octanol–water partition coefficient (Wildman–Crippen LogP) is 2.07. The highest BCUT2D eigenvalue weighted by molar-refractivity contribution is 5.93. The first-order valence-electron chi connectivity index (χ1n) is 9.55. The van der Waals surface area contributed by atoms with E-state index in [0.717, 1.165) is 44.3 Å². The summed E-state index contributed by atoms with van der Waals surface area (Å²) in [4.78, 5) is 23.0. The summed E-state index contributed by atoms with van der Waals surface area (Å²) < 4.78 is 11.1. The van der Waals surface area contributed by atoms with E-state index in [1.54, 1.807) is 6.07 Å². The number of nitrogens with one attached hydrogen (secondary N) is 2. The molecule has 28 heavy (non-hydrogen) atoms. The van der Waals surface area contributed by atoms with Crippen LogP contribution in [0.2, 0.25) is 0 Å². The normalized spacial score (nSPS) is 14.7. The number of hydrogen-bond acceptors (Lipinski definition) is 7. The summed E-state index contributed by atoms with van der Waals surface area (Å²) in [5.74, 6) is 1.05. The molecule has 0 spiro atoms. The van der Waals surface area contributed by atoms with Gasteiger partial charge in [-0.15, -0.1) is 0 Å². The molecular weight excluding hydrogens is 358 g/mol. The van der Waals surface area contributed by atoms with Crippen LogP contribution in [0.15, 0.2) is 36.7 Å². The number of rotatable bonds is 8. The number of aromatic nitrogens is 2. The Morgan fingerprint density at radius 2 is 2.04 bits per heavy atom. The van der Waals surface area contributed by atoms with Gasteiger partial charge >= 0.3 is 0 Å². The minimum atomic E-state index is -0.217. The van der Waals surface area contributed by atoms with Crippen LogP contribution < -0.4 is 15.4 Å². The summed E-state index contributed by atoms with van der Waals surface area (Å²) in [6.45, 7) is 8.60. The molecule has 1 fully saturated rings. The van der Waals surface area contributed by atoms with Crippen LogP contribution in [-0.4, -0.2) is 66.3 Å². The number of carbonyl (C=O) groups excluding carboxylic acids is 1. The topological polar surface area (TPSA) is 88.6 Å². The molecule has 0 bridgehead atoms. The van der Waals surface area contributed by atoms with Crippen molar-refractivity contribution in [3.8, 4) is 5.75 Å². The Kier molecular flexibility index (Phi) is 7.16. The number of hydrogen-bond donors (Lipinski definition) is 2. The molecule has 0 saturated carbocycles. The summed E-state index contributed by atoms with van der Waals surface area (Å²) in [6.07, 6.45) is 1.44. The minimum Gasteiger partial charge on any atom is -0.489 e. The van der Waals surface area contributed by atoms with E-state index in [1.807, 2.05) is 38.1 Å². The smallest absolute Gasteiger partial charge is 0.270 e. The van der Waals surface area contributed by atoms with Gasteiger partial charge in [-0.2, -0.15) is 0 Å². The molecule has 8 heteroatoms. The van der Waals surface area contributed by atoms with Gasteiger partial charge in [-0.1, -0.05) is 12.1 Å². The number of amides is 1. The van der Waals surface area contributed by atoms with E-state index in [9.17, 15) is 4.79 Å². The van der Waals surface area contributed by atoms with Crippen LogP contribution in [0.25, 0.3) is 0 Å². The molecule has 0 unspecified atom stereocenters. The Balaban J connectivity index is 1.58. The van der Waals surface area contributed by atoms with E-state index in [1.165, 1.54) is 6.33 Å². The Labute approximate surface area is 165 Å². The maximum Gasteiger partial charge on any atom is 0.270 e. The summed E-state index contributed by atoms with van der Waals surface area (Å²) >= 11 is 0. The fourth-order valence-electron chi connectivity index (χ4n) is 2.86. The molecule has 1 aliphatic heterocycles. The Hall–Kier alpha value is -2.71. The number of para-hydroxylation sites is 2. The van der Waals surface area contributed by atoms with Gasteiger partial charge in [-0.3, -0.25) is 9.69 Å². The number of morpholine rings is 1. The first-order valence-corrected chi connectivity index (χ1v) is 9.55. The fourth-order valence-corrected chi connectivity index (χ4v) is 2.86. The fraction of sp³-hybridized carbons (Fsp3) is 0.450. The summed E-state index contributed by atoms with van der Waals surface area (Å²) in [7, 11) is 0. The van der Waals surface area contributed by atoms with E-state index >= 15 is 0 Å². The van der Waals surface area contributed by atoms with Crippen molar-refractivity contribution in [3.63, 3.8) is 0 Å². The van der Waals surface area contributed by atoms with Crippen LogP contribution in [0.3, 0.4) is 0 Å². The lowest BCUT2D eigenvalue weighted by atomic mass is 10.2. The Morgan fingerprint density at radius 1 is 1.25 bits per heavy atom. The Morgan fingerprint density at radius 3 is 2.82 bits per heavy atom. The zero-order valence-corrected chi connectivity index (χ0v) is 16.4. The number of ether oxygens (including phenoxy) is 2. The van der Waals surface area contributed by atoms with Crippen molar-refractivity contribution in [2.24, 2.45) is 0 Å². The van der Waals surface area contributed by atoms with Crippen LogP contribution >= 0.6 is 0 Å². The molecule has 8 nitrogen and oxygen atoms in total. The molecule has 1 saturated heterocycles. The molecule has 0 atom stereocenters. The SMILES string of the molecule is CC(C)Oc1ccccc1Nc1cc(C(=O)NCCN2CCOCC2)ncn1. The maximum absolute atomic E-state index is 12.4. The highest BCUT2D eigenvalue weighted by Crippen LogP contribution is 2.27. The lowest BCUT2D eigenvalue weighted by molar-refractivity contribution is 0.0383. The zero-order valence-electron chi connectivity index (χ0n) is 16.4. The second-order valence-corrected chi connectivity index (χ2v) is 6.79. The van der Waals surface area contributed by atoms with Gasteiger partial charge in [0.25, 0.3) is 5.91 Å². The van der Waals surface area contributed by atoms with Crippen molar-refractivity contribution in [1.29, 1.82) is 0 Å². The van der Waals surface area contributed by atoms with Gasteiger partial charge in [-0.25, -0.2) is 9.97 Å². The van der Waals surface area contributed by atoms with E-state index in [2.05, 4.69) is 25.5 Å². The highest BCUT2D eigenvalue weighted by atomic mass is 16.5. The van der Waals surface area contributed by atoms with Crippen LogP contribution in [-0.2, 0) is 4.74 Å². The van der Waals surface area contributed by atoms with Gasteiger partial charge in [0.2, 0.25) is 0 Å². The van der Waals surface area contributed by atoms with E-state index in [4.69, 9.17) is 9.47 Å². The van der Waals surface area contributed by atoms with Crippen LogP contribution in [0.5, 0.6) is 5.75 Å². The first-order chi connectivity index (χ1) is 13.6. The third kappa shape index (κ3) is 5.90. The van der Waals surface area contributed by atoms with Crippen molar-refractivity contribution < 1.29 is 14.3 Å². The monoisotopic (exact) mass is 385 g/mol. The molecule has 1 amide bonds. The molecule has 1 aromatic heterocycles. The second-order valence-electron chi connectivity index (χ2n) is 6.79. The third-order valence-electron chi connectivity index (χ3n) is 4.23. The lowest BCUT2D eigenvalue weighted by Crippen LogP contribution is -2.41. The maximum atomic E-state index is 12.4. The average molecular weight is 385 g/mol.